The topological polar surface area (TPSA) is 70.9 Å². The van der Waals surface area contributed by atoms with Crippen LogP contribution in [0.3, 0.4) is 0 Å². The van der Waals surface area contributed by atoms with Crippen molar-refractivity contribution >= 4 is 12.2 Å². The van der Waals surface area contributed by atoms with Crippen LogP contribution in [0.15, 0.2) is 5.10 Å². The summed E-state index contributed by atoms with van der Waals surface area (Å²) in [6, 6.07) is 0. The van der Waals surface area contributed by atoms with Crippen molar-refractivity contribution in [2.75, 3.05) is 7.11 Å². The van der Waals surface area contributed by atoms with Crippen LogP contribution < -0.4 is 5.59 Å². The average Bonchev–Trinajstić information content (AvgIpc) is 2.37. The highest BCUT2D eigenvalue weighted by Gasteiger charge is 2.52. The van der Waals surface area contributed by atoms with Crippen LogP contribution in [-0.4, -0.2) is 24.5 Å². The second-order valence-corrected chi connectivity index (χ2v) is 4.99. The summed E-state index contributed by atoms with van der Waals surface area (Å²) in [6.45, 7) is 0. The van der Waals surface area contributed by atoms with E-state index >= 15 is 0 Å². The minimum atomic E-state index is -0.239. The third-order valence-corrected chi connectivity index (χ3v) is 4.32. The first kappa shape index (κ1) is 11.4. The molecule has 0 aromatic heterocycles. The first-order valence-electron chi connectivity index (χ1n) is 5.68. The Morgan fingerprint density at radius 2 is 1.88 bits per heavy atom. The lowest BCUT2D eigenvalue weighted by molar-refractivity contribution is -0.160. The van der Waals surface area contributed by atoms with Gasteiger partial charge in [-0.05, 0) is 38.5 Å². The maximum atomic E-state index is 11.8. The monoisotopic (exact) mass is 226 g/mol. The van der Waals surface area contributed by atoms with Gasteiger partial charge >= 0.3 is 5.97 Å². The van der Waals surface area contributed by atoms with E-state index in [-0.39, 0.29) is 16.8 Å². The molecule has 0 heterocycles. The number of fused-ring (bicyclic) bond motifs is 3. The molecular weight excluding hydrogens is 208 g/mol. The van der Waals surface area contributed by atoms with E-state index in [1.54, 1.807) is 6.21 Å². The van der Waals surface area contributed by atoms with Gasteiger partial charge in [0.2, 0.25) is 0 Å². The lowest BCUT2D eigenvalue weighted by Crippen LogP contribution is -2.47. The van der Waals surface area contributed by atoms with Crippen molar-refractivity contribution in [3.05, 3.63) is 0 Å². The van der Waals surface area contributed by atoms with Gasteiger partial charge in [-0.3, -0.25) is 10.0 Å². The van der Waals surface area contributed by atoms with Gasteiger partial charge in [0, 0.05) is 11.6 Å². The number of rotatable bonds is 3. The average molecular weight is 226 g/mol. The zero-order valence-corrected chi connectivity index (χ0v) is 9.53. The van der Waals surface area contributed by atoms with Crippen LogP contribution in [0, 0.1) is 10.8 Å². The molecule has 0 radical (unpaired) electrons. The molecule has 0 unspecified atom stereocenters. The van der Waals surface area contributed by atoms with Gasteiger partial charge < -0.3 is 4.74 Å². The Balaban J connectivity index is 2.08. The Morgan fingerprint density at radius 1 is 1.31 bits per heavy atom. The Kier molecular flexibility index (Phi) is 2.88. The molecular formula is C11H18N2O3. The van der Waals surface area contributed by atoms with Crippen LogP contribution >= 0.6 is 0 Å². The largest absolute Gasteiger partial charge is 0.469 e. The third kappa shape index (κ3) is 1.69. The van der Waals surface area contributed by atoms with Crippen LogP contribution in [-0.2, 0) is 9.53 Å². The number of nitrogens with one attached hydrogen (secondary N) is 1. The van der Waals surface area contributed by atoms with Crippen molar-refractivity contribution in [3.63, 3.8) is 0 Å². The van der Waals surface area contributed by atoms with Crippen LogP contribution in [0.25, 0.3) is 0 Å². The number of hydrazone groups is 1. The summed E-state index contributed by atoms with van der Waals surface area (Å²) in [5, 5.41) is 12.2. The van der Waals surface area contributed by atoms with Gasteiger partial charge in [-0.2, -0.15) is 10.7 Å². The lowest BCUT2D eigenvalue weighted by atomic mass is 9.54. The smallest absolute Gasteiger partial charge is 0.311 e. The highest BCUT2D eigenvalue weighted by molar-refractivity contribution is 5.78. The van der Waals surface area contributed by atoms with E-state index in [0.29, 0.717) is 0 Å². The van der Waals surface area contributed by atoms with Crippen molar-refractivity contribution in [1.82, 2.24) is 5.59 Å². The minimum absolute atomic E-state index is 0.0574. The SMILES string of the molecule is COC(=O)C12CCC(C=NNO)(CC1)CC2. The number of nitrogens with zero attached hydrogens (tertiary/aromatic N) is 1. The Hall–Kier alpha value is -1.10. The van der Waals surface area contributed by atoms with Crippen molar-refractivity contribution in [1.29, 1.82) is 0 Å². The van der Waals surface area contributed by atoms with E-state index in [1.807, 2.05) is 5.59 Å². The molecule has 90 valence electrons. The molecule has 0 amide bonds. The fraction of sp³-hybridized carbons (Fsp3) is 0.818. The molecule has 0 aliphatic heterocycles. The summed E-state index contributed by atoms with van der Waals surface area (Å²) in [5.74, 6) is -0.0574. The number of methoxy groups -OCH3 is 1. The molecule has 2 N–H and O–H groups in total. The highest BCUT2D eigenvalue weighted by Crippen LogP contribution is 2.56. The van der Waals surface area contributed by atoms with Gasteiger partial charge in [0.1, 0.15) is 0 Å². The predicted molar refractivity (Wildman–Crippen MR) is 58.0 cm³/mol. The lowest BCUT2D eigenvalue weighted by Gasteiger charge is -2.49. The van der Waals surface area contributed by atoms with E-state index in [4.69, 9.17) is 9.94 Å². The standard InChI is InChI=1S/C11H18N2O3/c1-16-9(14)11-5-2-10(3-6-11,4-7-11)8-12-13-15/h8,13,15H,2-7H2,1H3. The predicted octanol–water partition coefficient (Wildman–Crippen LogP) is 1.46. The van der Waals surface area contributed by atoms with Gasteiger partial charge in [0.05, 0.1) is 12.5 Å². The van der Waals surface area contributed by atoms with Gasteiger partial charge in [0.25, 0.3) is 0 Å². The van der Waals surface area contributed by atoms with Crippen LogP contribution in [0.1, 0.15) is 38.5 Å². The van der Waals surface area contributed by atoms with Crippen molar-refractivity contribution in [2.24, 2.45) is 15.9 Å². The number of hydrogen-bond acceptors (Lipinski definition) is 5. The summed E-state index contributed by atoms with van der Waals surface area (Å²) in [4.78, 5) is 11.8. The Labute approximate surface area is 94.8 Å². The number of ether oxygens (including phenoxy) is 1. The molecule has 3 saturated carbocycles. The molecule has 5 heteroatoms. The fourth-order valence-electron chi connectivity index (χ4n) is 3.10. The van der Waals surface area contributed by atoms with Gasteiger partial charge in [-0.25, -0.2) is 0 Å². The maximum absolute atomic E-state index is 11.8. The van der Waals surface area contributed by atoms with Gasteiger partial charge in [-0.15, -0.1) is 0 Å². The molecule has 5 nitrogen and oxygen atoms in total. The van der Waals surface area contributed by atoms with E-state index in [1.165, 1.54) is 7.11 Å². The normalized spacial score (nSPS) is 37.6. The third-order valence-electron chi connectivity index (χ3n) is 4.32. The molecule has 2 bridgehead atoms. The highest BCUT2D eigenvalue weighted by atomic mass is 16.5. The number of carbonyl (C=O) groups is 1. The molecule has 3 aliphatic rings. The summed E-state index contributed by atoms with van der Waals surface area (Å²) in [5.41, 5.74) is 1.65. The molecule has 0 aromatic rings. The van der Waals surface area contributed by atoms with Gasteiger partial charge in [-0.1, -0.05) is 0 Å². The van der Waals surface area contributed by atoms with E-state index in [9.17, 15) is 4.79 Å². The second kappa shape index (κ2) is 4.05. The summed E-state index contributed by atoms with van der Waals surface area (Å²) < 4.78 is 4.90. The first-order chi connectivity index (χ1) is 7.66. The second-order valence-electron chi connectivity index (χ2n) is 4.99. The fourth-order valence-corrected chi connectivity index (χ4v) is 3.10. The van der Waals surface area contributed by atoms with Crippen LogP contribution in [0.4, 0.5) is 0 Å². The number of carbonyl (C=O) groups excluding carboxylic acids is 1. The molecule has 0 saturated heterocycles. The molecule has 0 spiro atoms. The molecule has 0 atom stereocenters. The zero-order valence-electron chi connectivity index (χ0n) is 9.53. The quantitative estimate of drug-likeness (QED) is 0.434. The molecule has 16 heavy (non-hydrogen) atoms. The summed E-state index contributed by atoms with van der Waals surface area (Å²) in [6.07, 6.45) is 7.27. The number of hydrogen-bond donors (Lipinski definition) is 2. The summed E-state index contributed by atoms with van der Waals surface area (Å²) in [7, 11) is 1.46. The van der Waals surface area contributed by atoms with Crippen LogP contribution in [0.5, 0.6) is 0 Å². The van der Waals surface area contributed by atoms with E-state index in [2.05, 4.69) is 5.10 Å². The Bertz CT molecular complexity index is 290. The van der Waals surface area contributed by atoms with Gasteiger partial charge in [0.15, 0.2) is 0 Å². The molecule has 3 rings (SSSR count). The first-order valence-corrected chi connectivity index (χ1v) is 5.68. The molecule has 0 aromatic carbocycles. The minimum Gasteiger partial charge on any atom is -0.469 e. The van der Waals surface area contributed by atoms with Crippen LogP contribution in [0.2, 0.25) is 0 Å². The number of esters is 1. The van der Waals surface area contributed by atoms with E-state index < -0.39 is 0 Å². The molecule has 3 fully saturated rings. The molecule has 3 aliphatic carbocycles. The summed E-state index contributed by atoms with van der Waals surface area (Å²) >= 11 is 0. The zero-order chi connectivity index (χ0) is 11.6. The van der Waals surface area contributed by atoms with Crippen molar-refractivity contribution < 1.29 is 14.7 Å². The Morgan fingerprint density at radius 3 is 2.31 bits per heavy atom. The van der Waals surface area contributed by atoms with Crippen molar-refractivity contribution in [3.8, 4) is 0 Å². The maximum Gasteiger partial charge on any atom is 0.311 e. The van der Waals surface area contributed by atoms with Crippen molar-refractivity contribution in [2.45, 2.75) is 38.5 Å². The van der Waals surface area contributed by atoms with E-state index in [0.717, 1.165) is 38.5 Å².